The molecule has 1 saturated heterocycles. The lowest BCUT2D eigenvalue weighted by Crippen LogP contribution is -2.31. The monoisotopic (exact) mass is 351 g/mol. The highest BCUT2D eigenvalue weighted by molar-refractivity contribution is 6.31. The molecule has 1 aromatic carbocycles. The lowest BCUT2D eigenvalue weighted by Gasteiger charge is -2.25. The number of aromatic nitrogens is 2. The van der Waals surface area contributed by atoms with E-state index in [0.717, 1.165) is 41.7 Å². The Bertz CT molecular complexity index is 942. The van der Waals surface area contributed by atoms with Crippen LogP contribution < -0.4 is 0 Å². The molecule has 0 spiro atoms. The van der Waals surface area contributed by atoms with Crippen LogP contribution in [0.2, 0.25) is 5.02 Å². The summed E-state index contributed by atoms with van der Waals surface area (Å²) in [6.07, 6.45) is 3.70. The van der Waals surface area contributed by atoms with E-state index in [0.29, 0.717) is 10.6 Å². The van der Waals surface area contributed by atoms with Gasteiger partial charge in [0, 0.05) is 28.8 Å². The van der Waals surface area contributed by atoms with Crippen LogP contribution in [0.25, 0.3) is 10.9 Å². The van der Waals surface area contributed by atoms with E-state index in [4.69, 9.17) is 11.6 Å². The lowest BCUT2D eigenvalue weighted by molar-refractivity contribution is 0.0734. The van der Waals surface area contributed by atoms with Gasteiger partial charge in [-0.2, -0.15) is 0 Å². The van der Waals surface area contributed by atoms with Gasteiger partial charge in [0.25, 0.3) is 5.91 Å². The minimum absolute atomic E-state index is 0.0194. The Hall–Kier alpha value is -2.46. The highest BCUT2D eigenvalue weighted by Gasteiger charge is 2.32. The molecule has 0 saturated carbocycles. The van der Waals surface area contributed by atoms with E-state index in [9.17, 15) is 4.79 Å². The summed E-state index contributed by atoms with van der Waals surface area (Å²) in [6, 6.07) is 13.2. The van der Waals surface area contributed by atoms with Gasteiger partial charge in [0.05, 0.1) is 22.8 Å². The van der Waals surface area contributed by atoms with Crippen molar-refractivity contribution in [3.8, 4) is 0 Å². The van der Waals surface area contributed by atoms with Gasteiger partial charge in [0.15, 0.2) is 0 Å². The van der Waals surface area contributed by atoms with E-state index in [2.05, 4.69) is 9.97 Å². The number of rotatable bonds is 2. The fraction of sp³-hybridized carbons (Fsp3) is 0.250. The van der Waals surface area contributed by atoms with Crippen molar-refractivity contribution < 1.29 is 4.79 Å². The number of halogens is 1. The van der Waals surface area contributed by atoms with Gasteiger partial charge in [-0.05, 0) is 56.2 Å². The highest BCUT2D eigenvalue weighted by atomic mass is 35.5. The standard InChI is InChI=1S/C20H18ClN3O/c1-13-11-16(15-12-14(21)7-8-17(15)23-13)20(25)24-10-4-6-19(24)18-5-2-3-9-22-18/h2-3,5,7-9,11-12,19H,4,6,10H2,1H3/t19-/m0/s1. The average Bonchev–Trinajstić information content (AvgIpc) is 3.11. The number of amides is 1. The molecule has 0 N–H and O–H groups in total. The van der Waals surface area contributed by atoms with Crippen molar-refractivity contribution >= 4 is 28.4 Å². The molecule has 1 aliphatic heterocycles. The molecule has 0 radical (unpaired) electrons. The molecule has 4 rings (SSSR count). The van der Waals surface area contributed by atoms with Gasteiger partial charge in [-0.1, -0.05) is 17.7 Å². The number of hydrogen-bond donors (Lipinski definition) is 0. The van der Waals surface area contributed by atoms with Crippen molar-refractivity contribution in [1.82, 2.24) is 14.9 Å². The molecule has 1 amide bonds. The number of nitrogens with zero attached hydrogens (tertiary/aromatic N) is 3. The maximum atomic E-state index is 13.3. The molecule has 2 aromatic heterocycles. The third kappa shape index (κ3) is 2.98. The Balaban J connectivity index is 1.78. The molecule has 0 aliphatic carbocycles. The van der Waals surface area contributed by atoms with E-state index in [1.807, 2.05) is 48.2 Å². The number of aryl methyl sites for hydroxylation is 1. The molecule has 1 atom stereocenters. The van der Waals surface area contributed by atoms with Crippen molar-refractivity contribution in [3.05, 3.63) is 70.6 Å². The molecule has 3 aromatic rings. The minimum Gasteiger partial charge on any atom is -0.330 e. The number of carbonyl (C=O) groups excluding carboxylic acids is 1. The maximum absolute atomic E-state index is 13.3. The molecule has 3 heterocycles. The second-order valence-corrected chi connectivity index (χ2v) is 6.82. The highest BCUT2D eigenvalue weighted by Crippen LogP contribution is 2.33. The zero-order valence-corrected chi connectivity index (χ0v) is 14.7. The smallest absolute Gasteiger partial charge is 0.255 e. The second-order valence-electron chi connectivity index (χ2n) is 6.38. The van der Waals surface area contributed by atoms with Gasteiger partial charge in [0.2, 0.25) is 0 Å². The molecule has 5 heteroatoms. The summed E-state index contributed by atoms with van der Waals surface area (Å²) in [7, 11) is 0. The zero-order chi connectivity index (χ0) is 17.4. The van der Waals surface area contributed by atoms with Gasteiger partial charge in [0.1, 0.15) is 0 Å². The first kappa shape index (κ1) is 16.0. The minimum atomic E-state index is 0.0194. The molecule has 1 aliphatic rings. The van der Waals surface area contributed by atoms with Crippen LogP contribution in [0.1, 0.15) is 40.6 Å². The van der Waals surface area contributed by atoms with E-state index in [1.54, 1.807) is 12.3 Å². The Morgan fingerprint density at radius 2 is 2.12 bits per heavy atom. The first-order valence-electron chi connectivity index (χ1n) is 8.42. The number of benzene rings is 1. The molecular weight excluding hydrogens is 334 g/mol. The van der Waals surface area contributed by atoms with Crippen LogP contribution in [0.4, 0.5) is 0 Å². The van der Waals surface area contributed by atoms with E-state index in [1.165, 1.54) is 0 Å². The predicted molar refractivity (Wildman–Crippen MR) is 98.7 cm³/mol. The van der Waals surface area contributed by atoms with Crippen molar-refractivity contribution in [3.63, 3.8) is 0 Å². The Labute approximate surface area is 151 Å². The molecular formula is C20H18ClN3O. The molecule has 25 heavy (non-hydrogen) atoms. The molecule has 126 valence electrons. The Morgan fingerprint density at radius 3 is 2.92 bits per heavy atom. The number of pyridine rings is 2. The van der Waals surface area contributed by atoms with E-state index < -0.39 is 0 Å². The third-order valence-corrected chi connectivity index (χ3v) is 4.91. The van der Waals surface area contributed by atoms with Crippen molar-refractivity contribution in [2.45, 2.75) is 25.8 Å². The SMILES string of the molecule is Cc1cc(C(=O)N2CCC[C@H]2c2ccccn2)c2cc(Cl)ccc2n1. The average molecular weight is 352 g/mol. The lowest BCUT2D eigenvalue weighted by atomic mass is 10.0. The van der Waals surface area contributed by atoms with Crippen LogP contribution in [-0.2, 0) is 0 Å². The zero-order valence-electron chi connectivity index (χ0n) is 13.9. The van der Waals surface area contributed by atoms with Gasteiger partial charge in [-0.15, -0.1) is 0 Å². The van der Waals surface area contributed by atoms with Crippen LogP contribution in [0.15, 0.2) is 48.7 Å². The van der Waals surface area contributed by atoms with Crippen LogP contribution >= 0.6 is 11.6 Å². The summed E-state index contributed by atoms with van der Waals surface area (Å²) in [5, 5.41) is 1.41. The summed E-state index contributed by atoms with van der Waals surface area (Å²) in [5.41, 5.74) is 3.22. The Morgan fingerprint density at radius 1 is 1.24 bits per heavy atom. The molecule has 0 bridgehead atoms. The van der Waals surface area contributed by atoms with E-state index >= 15 is 0 Å². The van der Waals surface area contributed by atoms with E-state index in [-0.39, 0.29) is 11.9 Å². The van der Waals surface area contributed by atoms with Crippen molar-refractivity contribution in [2.75, 3.05) is 6.54 Å². The first-order valence-corrected chi connectivity index (χ1v) is 8.80. The Kier molecular flexibility index (Phi) is 4.14. The topological polar surface area (TPSA) is 46.1 Å². The van der Waals surface area contributed by atoms with Crippen molar-refractivity contribution in [2.24, 2.45) is 0 Å². The predicted octanol–water partition coefficient (Wildman–Crippen LogP) is 4.57. The van der Waals surface area contributed by atoms with Crippen LogP contribution in [-0.4, -0.2) is 27.3 Å². The third-order valence-electron chi connectivity index (χ3n) is 4.67. The van der Waals surface area contributed by atoms with Gasteiger partial charge in [-0.25, -0.2) is 0 Å². The summed E-state index contributed by atoms with van der Waals surface area (Å²) < 4.78 is 0. The second kappa shape index (κ2) is 6.45. The van der Waals surface area contributed by atoms with Crippen LogP contribution in [0, 0.1) is 6.92 Å². The van der Waals surface area contributed by atoms with Crippen LogP contribution in [0.5, 0.6) is 0 Å². The largest absolute Gasteiger partial charge is 0.330 e. The fourth-order valence-electron chi connectivity index (χ4n) is 3.55. The van der Waals surface area contributed by atoms with Gasteiger partial charge >= 0.3 is 0 Å². The summed E-state index contributed by atoms with van der Waals surface area (Å²) in [4.78, 5) is 24.2. The van der Waals surface area contributed by atoms with Crippen molar-refractivity contribution in [1.29, 1.82) is 0 Å². The van der Waals surface area contributed by atoms with Gasteiger partial charge in [-0.3, -0.25) is 14.8 Å². The molecule has 0 unspecified atom stereocenters. The maximum Gasteiger partial charge on any atom is 0.255 e. The fourth-order valence-corrected chi connectivity index (χ4v) is 3.72. The van der Waals surface area contributed by atoms with Crippen LogP contribution in [0.3, 0.4) is 0 Å². The number of likely N-dealkylation sites (tertiary alicyclic amines) is 1. The number of fused-ring (bicyclic) bond motifs is 1. The number of hydrogen-bond acceptors (Lipinski definition) is 3. The quantitative estimate of drug-likeness (QED) is 0.679. The summed E-state index contributed by atoms with van der Waals surface area (Å²) in [6.45, 7) is 2.65. The summed E-state index contributed by atoms with van der Waals surface area (Å²) in [5.74, 6) is 0.0194. The van der Waals surface area contributed by atoms with Gasteiger partial charge < -0.3 is 4.90 Å². The number of carbonyl (C=O) groups is 1. The molecule has 1 fully saturated rings. The summed E-state index contributed by atoms with van der Waals surface area (Å²) >= 11 is 6.16. The molecule has 4 nitrogen and oxygen atoms in total. The normalized spacial score (nSPS) is 17.2. The first-order chi connectivity index (χ1) is 12.1.